The van der Waals surface area contributed by atoms with Crippen molar-refractivity contribution in [1.29, 1.82) is 0 Å². The van der Waals surface area contributed by atoms with Crippen molar-refractivity contribution in [1.82, 2.24) is 5.32 Å². The minimum Gasteiger partial charge on any atom is -0.399 e. The Morgan fingerprint density at radius 1 is 1.39 bits per heavy atom. The third kappa shape index (κ3) is 3.03. The molecule has 98 valence electrons. The van der Waals surface area contributed by atoms with E-state index >= 15 is 0 Å². The fourth-order valence-electron chi connectivity index (χ4n) is 2.65. The number of anilines is 1. The number of rotatable bonds is 2. The summed E-state index contributed by atoms with van der Waals surface area (Å²) in [6, 6.07) is 5.79. The van der Waals surface area contributed by atoms with Crippen LogP contribution < -0.4 is 11.1 Å². The normalized spacial score (nSPS) is 23.7. The molecule has 3 N–H and O–H groups in total. The first kappa shape index (κ1) is 12.9. The number of carbonyl (C=O) groups is 1. The van der Waals surface area contributed by atoms with Gasteiger partial charge in [0.25, 0.3) is 5.91 Å². The molecule has 0 bridgehead atoms. The van der Waals surface area contributed by atoms with E-state index < -0.39 is 0 Å². The largest absolute Gasteiger partial charge is 0.399 e. The summed E-state index contributed by atoms with van der Waals surface area (Å²) >= 11 is 0. The Labute approximate surface area is 109 Å². The second kappa shape index (κ2) is 5.42. The highest BCUT2D eigenvalue weighted by Gasteiger charge is 2.20. The fourth-order valence-corrected chi connectivity index (χ4v) is 2.65. The van der Waals surface area contributed by atoms with E-state index in [2.05, 4.69) is 12.2 Å². The van der Waals surface area contributed by atoms with E-state index in [1.807, 2.05) is 13.0 Å². The lowest BCUT2D eigenvalue weighted by atomic mass is 9.87. The van der Waals surface area contributed by atoms with Crippen molar-refractivity contribution in [3.8, 4) is 0 Å². The number of carbonyl (C=O) groups excluding carboxylic acids is 1. The first-order valence-electron chi connectivity index (χ1n) is 6.73. The summed E-state index contributed by atoms with van der Waals surface area (Å²) in [5, 5.41) is 3.13. The lowest BCUT2D eigenvalue weighted by Crippen LogP contribution is -2.38. The maximum absolute atomic E-state index is 12.1. The van der Waals surface area contributed by atoms with Gasteiger partial charge in [0.1, 0.15) is 0 Å². The molecule has 0 saturated heterocycles. The van der Waals surface area contributed by atoms with Crippen molar-refractivity contribution in [2.75, 3.05) is 5.73 Å². The fraction of sp³-hybridized carbons (Fsp3) is 0.533. The molecule has 1 amide bonds. The van der Waals surface area contributed by atoms with Crippen LogP contribution in [0.15, 0.2) is 18.2 Å². The van der Waals surface area contributed by atoms with Gasteiger partial charge in [-0.15, -0.1) is 0 Å². The van der Waals surface area contributed by atoms with Gasteiger partial charge in [0.15, 0.2) is 0 Å². The van der Waals surface area contributed by atoms with Gasteiger partial charge in [-0.25, -0.2) is 0 Å². The SMILES string of the molecule is Cc1cc(C(=O)NC2CCCC(C)C2)ccc1N. The molecule has 1 aliphatic carbocycles. The molecule has 1 saturated carbocycles. The van der Waals surface area contributed by atoms with Crippen LogP contribution in [0.4, 0.5) is 5.69 Å². The van der Waals surface area contributed by atoms with Crippen LogP contribution in [0, 0.1) is 12.8 Å². The third-order valence-corrected chi connectivity index (χ3v) is 3.80. The molecule has 18 heavy (non-hydrogen) atoms. The van der Waals surface area contributed by atoms with Crippen LogP contribution in [0.2, 0.25) is 0 Å². The highest BCUT2D eigenvalue weighted by Crippen LogP contribution is 2.24. The number of nitrogens with two attached hydrogens (primary N) is 1. The van der Waals surface area contributed by atoms with Gasteiger partial charge in [-0.05, 0) is 49.4 Å². The molecule has 1 aromatic rings. The summed E-state index contributed by atoms with van der Waals surface area (Å²) in [7, 11) is 0. The van der Waals surface area contributed by atoms with Crippen molar-refractivity contribution >= 4 is 11.6 Å². The van der Waals surface area contributed by atoms with Gasteiger partial charge >= 0.3 is 0 Å². The molecule has 0 aliphatic heterocycles. The lowest BCUT2D eigenvalue weighted by molar-refractivity contribution is 0.0921. The molecule has 2 rings (SSSR count). The predicted molar refractivity (Wildman–Crippen MR) is 74.5 cm³/mol. The number of amides is 1. The zero-order chi connectivity index (χ0) is 13.1. The summed E-state index contributed by atoms with van der Waals surface area (Å²) in [5.41, 5.74) is 8.16. The summed E-state index contributed by atoms with van der Waals surface area (Å²) in [6.45, 7) is 4.18. The Morgan fingerprint density at radius 3 is 2.83 bits per heavy atom. The number of nitrogen functional groups attached to an aromatic ring is 1. The van der Waals surface area contributed by atoms with Crippen molar-refractivity contribution in [2.24, 2.45) is 5.92 Å². The topological polar surface area (TPSA) is 55.1 Å². The van der Waals surface area contributed by atoms with Crippen LogP contribution in [0.5, 0.6) is 0 Å². The number of hydrogen-bond acceptors (Lipinski definition) is 2. The van der Waals surface area contributed by atoms with Gasteiger partial charge in [-0.3, -0.25) is 4.79 Å². The highest BCUT2D eigenvalue weighted by molar-refractivity contribution is 5.95. The van der Waals surface area contributed by atoms with Crippen LogP contribution in [-0.2, 0) is 0 Å². The second-order valence-corrected chi connectivity index (χ2v) is 5.51. The van der Waals surface area contributed by atoms with Gasteiger partial charge in [0.2, 0.25) is 0 Å². The second-order valence-electron chi connectivity index (χ2n) is 5.51. The first-order valence-corrected chi connectivity index (χ1v) is 6.73. The van der Waals surface area contributed by atoms with Crippen molar-refractivity contribution in [2.45, 2.75) is 45.6 Å². The van der Waals surface area contributed by atoms with Gasteiger partial charge in [0, 0.05) is 17.3 Å². The maximum Gasteiger partial charge on any atom is 0.251 e. The summed E-state index contributed by atoms with van der Waals surface area (Å²) in [5.74, 6) is 0.745. The van der Waals surface area contributed by atoms with Crippen LogP contribution in [0.3, 0.4) is 0 Å². The Bertz CT molecular complexity index is 442. The average molecular weight is 246 g/mol. The zero-order valence-electron chi connectivity index (χ0n) is 11.2. The van der Waals surface area contributed by atoms with Crippen LogP contribution in [0.25, 0.3) is 0 Å². The number of nitrogens with one attached hydrogen (secondary N) is 1. The van der Waals surface area contributed by atoms with E-state index in [9.17, 15) is 4.79 Å². The quantitative estimate of drug-likeness (QED) is 0.788. The molecule has 3 nitrogen and oxygen atoms in total. The monoisotopic (exact) mass is 246 g/mol. The summed E-state index contributed by atoms with van der Waals surface area (Å²) in [6.07, 6.45) is 4.70. The number of benzene rings is 1. The van der Waals surface area contributed by atoms with Gasteiger partial charge in [-0.1, -0.05) is 19.8 Å². The highest BCUT2D eigenvalue weighted by atomic mass is 16.1. The maximum atomic E-state index is 12.1. The van der Waals surface area contributed by atoms with Gasteiger partial charge in [0.05, 0.1) is 0 Å². The van der Waals surface area contributed by atoms with Crippen LogP contribution in [-0.4, -0.2) is 11.9 Å². The van der Waals surface area contributed by atoms with Crippen molar-refractivity contribution < 1.29 is 4.79 Å². The molecule has 0 spiro atoms. The van der Waals surface area contributed by atoms with Crippen molar-refractivity contribution in [3.63, 3.8) is 0 Å². The molecule has 1 fully saturated rings. The molecular weight excluding hydrogens is 224 g/mol. The van der Waals surface area contributed by atoms with Crippen LogP contribution >= 0.6 is 0 Å². The zero-order valence-corrected chi connectivity index (χ0v) is 11.2. The standard InChI is InChI=1S/C15H22N2O/c1-10-4-3-5-13(8-10)17-15(18)12-6-7-14(16)11(2)9-12/h6-7,9-10,13H,3-5,8,16H2,1-2H3,(H,17,18). The van der Waals surface area contributed by atoms with E-state index in [1.54, 1.807) is 12.1 Å². The van der Waals surface area contributed by atoms with Crippen LogP contribution in [0.1, 0.15) is 48.5 Å². The van der Waals surface area contributed by atoms with Gasteiger partial charge in [-0.2, -0.15) is 0 Å². The summed E-state index contributed by atoms with van der Waals surface area (Å²) in [4.78, 5) is 12.1. The Kier molecular flexibility index (Phi) is 3.90. The molecule has 1 aromatic carbocycles. The van der Waals surface area contributed by atoms with E-state index in [4.69, 9.17) is 5.73 Å². The molecule has 0 radical (unpaired) electrons. The van der Waals surface area contributed by atoms with E-state index in [-0.39, 0.29) is 5.91 Å². The predicted octanol–water partition coefficient (Wildman–Crippen LogP) is 2.89. The Hall–Kier alpha value is -1.51. The molecule has 3 heteroatoms. The van der Waals surface area contributed by atoms with Gasteiger partial charge < -0.3 is 11.1 Å². The number of hydrogen-bond donors (Lipinski definition) is 2. The molecule has 2 unspecified atom stereocenters. The minimum atomic E-state index is 0.0252. The Morgan fingerprint density at radius 2 is 2.17 bits per heavy atom. The molecule has 2 atom stereocenters. The number of aryl methyl sites for hydroxylation is 1. The van der Waals surface area contributed by atoms with E-state index in [0.29, 0.717) is 11.6 Å². The van der Waals surface area contributed by atoms with E-state index in [1.165, 1.54) is 12.8 Å². The van der Waals surface area contributed by atoms with E-state index in [0.717, 1.165) is 30.0 Å². The average Bonchev–Trinajstić information content (AvgIpc) is 2.32. The molecule has 0 heterocycles. The third-order valence-electron chi connectivity index (χ3n) is 3.80. The minimum absolute atomic E-state index is 0.0252. The molecule has 1 aliphatic rings. The first-order chi connectivity index (χ1) is 8.56. The Balaban J connectivity index is 2.00. The molecular formula is C15H22N2O. The lowest BCUT2D eigenvalue weighted by Gasteiger charge is -2.27. The van der Waals surface area contributed by atoms with Crippen molar-refractivity contribution in [3.05, 3.63) is 29.3 Å². The summed E-state index contributed by atoms with van der Waals surface area (Å²) < 4.78 is 0. The smallest absolute Gasteiger partial charge is 0.251 e. The molecule has 0 aromatic heterocycles.